The van der Waals surface area contributed by atoms with E-state index in [4.69, 9.17) is 0 Å². The Morgan fingerprint density at radius 1 is 1.00 bits per heavy atom. The Hall–Kier alpha value is -3.46. The molecule has 0 radical (unpaired) electrons. The zero-order valence-corrected chi connectivity index (χ0v) is 17.4. The molecule has 1 aromatic heterocycles. The summed E-state index contributed by atoms with van der Waals surface area (Å²) in [5.74, 6) is -1.89. The van der Waals surface area contributed by atoms with Gasteiger partial charge in [0.25, 0.3) is 5.91 Å². The maximum absolute atomic E-state index is 12.8. The van der Waals surface area contributed by atoms with Gasteiger partial charge >= 0.3 is 5.97 Å². The SMILES string of the molecule is O=C(NC(CCS)C(=O)N[C@H](Cc1ccccc1)C(=O)O)c1cc2cc(O)ccc2[nH]1. The molecular weight excluding hydrogens is 418 g/mol. The molecule has 2 atom stereocenters. The van der Waals surface area contributed by atoms with Gasteiger partial charge in [-0.25, -0.2) is 4.79 Å². The normalized spacial score (nSPS) is 12.8. The van der Waals surface area contributed by atoms with Crippen molar-refractivity contribution in [2.75, 3.05) is 5.75 Å². The molecule has 1 unspecified atom stereocenters. The third-order valence-corrected chi connectivity index (χ3v) is 5.04. The third kappa shape index (κ3) is 5.79. The van der Waals surface area contributed by atoms with E-state index in [-0.39, 0.29) is 24.3 Å². The highest BCUT2D eigenvalue weighted by Crippen LogP contribution is 2.20. The summed E-state index contributed by atoms with van der Waals surface area (Å²) in [6.07, 6.45) is 0.342. The van der Waals surface area contributed by atoms with Crippen LogP contribution in [0.4, 0.5) is 0 Å². The fourth-order valence-corrected chi connectivity index (χ4v) is 3.46. The smallest absolute Gasteiger partial charge is 0.326 e. The lowest BCUT2D eigenvalue weighted by Gasteiger charge is -2.21. The Labute approximate surface area is 184 Å². The monoisotopic (exact) mass is 441 g/mol. The van der Waals surface area contributed by atoms with E-state index in [1.165, 1.54) is 12.1 Å². The summed E-state index contributed by atoms with van der Waals surface area (Å²) in [6, 6.07) is 13.1. The Morgan fingerprint density at radius 3 is 2.42 bits per heavy atom. The van der Waals surface area contributed by atoms with Crippen molar-refractivity contribution in [3.63, 3.8) is 0 Å². The first-order valence-electron chi connectivity index (χ1n) is 9.68. The summed E-state index contributed by atoms with van der Waals surface area (Å²) >= 11 is 4.14. The van der Waals surface area contributed by atoms with Gasteiger partial charge in [0.1, 0.15) is 23.5 Å². The molecule has 0 bridgehead atoms. The van der Waals surface area contributed by atoms with E-state index in [0.717, 1.165) is 5.56 Å². The van der Waals surface area contributed by atoms with Crippen LogP contribution in [0.3, 0.4) is 0 Å². The number of carboxylic acid groups (broad SMARTS) is 1. The number of H-pyrrole nitrogens is 1. The molecular formula is C22H23N3O5S. The van der Waals surface area contributed by atoms with Crippen molar-refractivity contribution < 1.29 is 24.6 Å². The van der Waals surface area contributed by atoms with Crippen molar-refractivity contribution in [2.24, 2.45) is 0 Å². The fourth-order valence-electron chi connectivity index (χ4n) is 3.20. The van der Waals surface area contributed by atoms with Gasteiger partial charge in [-0.2, -0.15) is 12.6 Å². The summed E-state index contributed by atoms with van der Waals surface area (Å²) in [5.41, 5.74) is 1.65. The van der Waals surface area contributed by atoms with Gasteiger partial charge in [-0.15, -0.1) is 0 Å². The van der Waals surface area contributed by atoms with Crippen LogP contribution in [0.1, 0.15) is 22.5 Å². The van der Waals surface area contributed by atoms with Gasteiger partial charge in [0.2, 0.25) is 5.91 Å². The van der Waals surface area contributed by atoms with Crippen molar-refractivity contribution >= 4 is 41.3 Å². The number of aromatic nitrogens is 1. The number of phenolic OH excluding ortho intramolecular Hbond substituents is 1. The number of amides is 2. The number of carbonyl (C=O) groups is 3. The number of aliphatic carboxylic acids is 1. The third-order valence-electron chi connectivity index (χ3n) is 4.79. The van der Waals surface area contributed by atoms with Crippen LogP contribution in [0.25, 0.3) is 10.9 Å². The first-order valence-corrected chi connectivity index (χ1v) is 10.3. The summed E-state index contributed by atoms with van der Waals surface area (Å²) < 4.78 is 0. The second-order valence-electron chi connectivity index (χ2n) is 7.08. The van der Waals surface area contributed by atoms with Crippen LogP contribution in [0.5, 0.6) is 5.75 Å². The van der Waals surface area contributed by atoms with E-state index in [1.807, 2.05) is 6.07 Å². The zero-order chi connectivity index (χ0) is 22.4. The Kier molecular flexibility index (Phi) is 7.19. The minimum Gasteiger partial charge on any atom is -0.508 e. The van der Waals surface area contributed by atoms with Crippen LogP contribution in [0, 0.1) is 0 Å². The minimum atomic E-state index is -1.16. The van der Waals surface area contributed by atoms with Gasteiger partial charge in [0.15, 0.2) is 0 Å². The number of hydrogen-bond acceptors (Lipinski definition) is 5. The molecule has 0 saturated heterocycles. The number of fused-ring (bicyclic) bond motifs is 1. The zero-order valence-electron chi connectivity index (χ0n) is 16.5. The Bertz CT molecular complexity index is 1080. The lowest BCUT2D eigenvalue weighted by molar-refractivity contribution is -0.142. The Morgan fingerprint density at radius 2 is 1.74 bits per heavy atom. The molecule has 0 fully saturated rings. The number of carbonyl (C=O) groups excluding carboxylic acids is 2. The molecule has 0 aliphatic rings. The predicted octanol–water partition coefficient (Wildman–Crippen LogP) is 2.10. The first kappa shape index (κ1) is 22.2. The van der Waals surface area contributed by atoms with Crippen molar-refractivity contribution in [3.8, 4) is 5.75 Å². The second kappa shape index (κ2) is 10.0. The molecule has 162 valence electrons. The minimum absolute atomic E-state index is 0.0731. The number of benzene rings is 2. The fraction of sp³-hybridized carbons (Fsp3) is 0.227. The molecule has 31 heavy (non-hydrogen) atoms. The number of carboxylic acids is 1. The van der Waals surface area contributed by atoms with E-state index >= 15 is 0 Å². The van der Waals surface area contributed by atoms with Gasteiger partial charge < -0.3 is 25.8 Å². The van der Waals surface area contributed by atoms with E-state index in [2.05, 4.69) is 28.2 Å². The van der Waals surface area contributed by atoms with Crippen LogP contribution in [-0.4, -0.2) is 50.8 Å². The maximum Gasteiger partial charge on any atom is 0.326 e. The van der Waals surface area contributed by atoms with Crippen LogP contribution < -0.4 is 10.6 Å². The molecule has 3 rings (SSSR count). The highest BCUT2D eigenvalue weighted by molar-refractivity contribution is 7.80. The molecule has 0 aliphatic carbocycles. The molecule has 0 aliphatic heterocycles. The highest BCUT2D eigenvalue weighted by atomic mass is 32.1. The van der Waals surface area contributed by atoms with Crippen LogP contribution in [-0.2, 0) is 16.0 Å². The summed E-state index contributed by atoms with van der Waals surface area (Å²) in [7, 11) is 0. The molecule has 5 N–H and O–H groups in total. The standard InChI is InChI=1S/C22H23N3O5S/c26-15-6-7-16-14(11-15)12-18(23-16)21(28)24-17(8-9-31)20(27)25-19(22(29)30)10-13-4-2-1-3-5-13/h1-7,11-12,17,19,23,26,31H,8-10H2,(H,24,28)(H,25,27)(H,29,30)/t17?,19-/m1/s1. The number of hydrogen-bond donors (Lipinski definition) is 6. The first-order chi connectivity index (χ1) is 14.9. The summed E-state index contributed by atoms with van der Waals surface area (Å²) in [4.78, 5) is 40.0. The van der Waals surface area contributed by atoms with Crippen molar-refractivity contribution in [2.45, 2.75) is 24.9 Å². The number of rotatable bonds is 9. The number of aromatic amines is 1. The molecule has 2 aromatic carbocycles. The van der Waals surface area contributed by atoms with Crippen LogP contribution in [0.15, 0.2) is 54.6 Å². The van der Waals surface area contributed by atoms with Crippen molar-refractivity contribution in [1.82, 2.24) is 15.6 Å². The molecule has 9 heteroatoms. The van der Waals surface area contributed by atoms with E-state index in [1.54, 1.807) is 36.4 Å². The number of nitrogens with one attached hydrogen (secondary N) is 3. The molecule has 0 spiro atoms. The highest BCUT2D eigenvalue weighted by Gasteiger charge is 2.27. The number of phenols is 1. The van der Waals surface area contributed by atoms with E-state index < -0.39 is 29.9 Å². The summed E-state index contributed by atoms with van der Waals surface area (Å²) in [6.45, 7) is 0. The molecule has 2 amide bonds. The predicted molar refractivity (Wildman–Crippen MR) is 119 cm³/mol. The molecule has 1 heterocycles. The van der Waals surface area contributed by atoms with Gasteiger partial charge in [-0.1, -0.05) is 30.3 Å². The van der Waals surface area contributed by atoms with Gasteiger partial charge in [-0.3, -0.25) is 9.59 Å². The molecule has 3 aromatic rings. The number of aromatic hydroxyl groups is 1. The van der Waals surface area contributed by atoms with Gasteiger partial charge in [-0.05, 0) is 42.0 Å². The Balaban J connectivity index is 1.70. The van der Waals surface area contributed by atoms with Crippen LogP contribution >= 0.6 is 12.6 Å². The lowest BCUT2D eigenvalue weighted by Crippen LogP contribution is -2.52. The van der Waals surface area contributed by atoms with E-state index in [0.29, 0.717) is 16.7 Å². The largest absolute Gasteiger partial charge is 0.508 e. The lowest BCUT2D eigenvalue weighted by atomic mass is 10.1. The second-order valence-corrected chi connectivity index (χ2v) is 7.53. The quantitative estimate of drug-likeness (QED) is 0.283. The number of thiol groups is 1. The molecule has 8 nitrogen and oxygen atoms in total. The topological polar surface area (TPSA) is 132 Å². The molecule has 0 saturated carbocycles. The maximum atomic E-state index is 12.8. The average Bonchev–Trinajstić information content (AvgIpc) is 3.17. The van der Waals surface area contributed by atoms with Crippen molar-refractivity contribution in [1.29, 1.82) is 0 Å². The average molecular weight is 442 g/mol. The van der Waals surface area contributed by atoms with Crippen LogP contribution in [0.2, 0.25) is 0 Å². The van der Waals surface area contributed by atoms with Crippen molar-refractivity contribution in [3.05, 3.63) is 65.9 Å². The van der Waals surface area contributed by atoms with E-state index in [9.17, 15) is 24.6 Å². The van der Waals surface area contributed by atoms with Gasteiger partial charge in [0.05, 0.1) is 0 Å². The van der Waals surface area contributed by atoms with Gasteiger partial charge in [0, 0.05) is 17.3 Å². The summed E-state index contributed by atoms with van der Waals surface area (Å²) in [5, 5.41) is 24.9.